The fourth-order valence-electron chi connectivity index (χ4n) is 2.30. The summed E-state index contributed by atoms with van der Waals surface area (Å²) in [5.74, 6) is 0.209. The van der Waals surface area contributed by atoms with E-state index in [0.29, 0.717) is 11.6 Å². The summed E-state index contributed by atoms with van der Waals surface area (Å²) < 4.78 is 0. The van der Waals surface area contributed by atoms with Crippen molar-refractivity contribution in [1.82, 2.24) is 4.98 Å². The summed E-state index contributed by atoms with van der Waals surface area (Å²) in [7, 11) is 0. The number of carbonyl (C=O) groups excluding carboxylic acids is 1. The molecule has 3 nitrogen and oxygen atoms in total. The lowest BCUT2D eigenvalue weighted by molar-refractivity contribution is -0.117. The number of carbonyl (C=O) groups is 1. The van der Waals surface area contributed by atoms with Crippen molar-refractivity contribution >= 4 is 23.2 Å². The standard InChI is InChI=1S/C15H13ClN2O/c16-14-8-5-12(10-17-14)11-3-6-13(7-4-11)18-9-1-2-15(18)19/h3-8,10H,1-2,9H2. The summed E-state index contributed by atoms with van der Waals surface area (Å²) in [6, 6.07) is 11.7. The summed E-state index contributed by atoms with van der Waals surface area (Å²) in [5.41, 5.74) is 3.05. The molecule has 2 aromatic rings. The predicted molar refractivity (Wildman–Crippen MR) is 76.3 cm³/mol. The molecular formula is C15H13ClN2O. The van der Waals surface area contributed by atoms with Crippen LogP contribution in [0.1, 0.15) is 12.8 Å². The van der Waals surface area contributed by atoms with Crippen LogP contribution in [0.2, 0.25) is 5.15 Å². The van der Waals surface area contributed by atoms with E-state index in [2.05, 4.69) is 4.98 Å². The molecule has 1 saturated heterocycles. The van der Waals surface area contributed by atoms with Crippen LogP contribution in [0.3, 0.4) is 0 Å². The minimum Gasteiger partial charge on any atom is -0.312 e. The molecule has 96 valence electrons. The second kappa shape index (κ2) is 5.02. The Morgan fingerprint density at radius 1 is 1.05 bits per heavy atom. The van der Waals surface area contributed by atoms with Crippen molar-refractivity contribution in [3.8, 4) is 11.1 Å². The summed E-state index contributed by atoms with van der Waals surface area (Å²) in [6.07, 6.45) is 3.35. The maximum atomic E-state index is 11.7. The number of rotatable bonds is 2. The average molecular weight is 273 g/mol. The second-order valence-corrected chi connectivity index (χ2v) is 4.95. The quantitative estimate of drug-likeness (QED) is 0.784. The van der Waals surface area contributed by atoms with Gasteiger partial charge in [-0.25, -0.2) is 4.98 Å². The van der Waals surface area contributed by atoms with Crippen molar-refractivity contribution in [2.75, 3.05) is 11.4 Å². The molecule has 1 aliphatic rings. The van der Waals surface area contributed by atoms with Gasteiger partial charge in [-0.2, -0.15) is 0 Å². The first-order valence-electron chi connectivity index (χ1n) is 6.26. The van der Waals surface area contributed by atoms with Crippen LogP contribution in [-0.2, 0) is 4.79 Å². The molecule has 0 saturated carbocycles. The van der Waals surface area contributed by atoms with Crippen LogP contribution in [0.15, 0.2) is 42.6 Å². The Hall–Kier alpha value is -1.87. The van der Waals surface area contributed by atoms with Crippen LogP contribution >= 0.6 is 11.6 Å². The molecule has 1 amide bonds. The Bertz CT molecular complexity index is 593. The topological polar surface area (TPSA) is 33.2 Å². The maximum Gasteiger partial charge on any atom is 0.227 e. The van der Waals surface area contributed by atoms with Gasteiger partial charge in [0.25, 0.3) is 0 Å². The zero-order chi connectivity index (χ0) is 13.2. The summed E-state index contributed by atoms with van der Waals surface area (Å²) in [5, 5.41) is 0.489. The molecule has 0 N–H and O–H groups in total. The number of amides is 1. The van der Waals surface area contributed by atoms with E-state index >= 15 is 0 Å². The number of anilines is 1. The van der Waals surface area contributed by atoms with Crippen LogP contribution < -0.4 is 4.90 Å². The molecule has 0 spiro atoms. The van der Waals surface area contributed by atoms with Crippen molar-refractivity contribution in [3.05, 3.63) is 47.7 Å². The number of aromatic nitrogens is 1. The van der Waals surface area contributed by atoms with Crippen LogP contribution in [0.4, 0.5) is 5.69 Å². The number of hydrogen-bond acceptors (Lipinski definition) is 2. The van der Waals surface area contributed by atoms with Gasteiger partial charge in [0, 0.05) is 30.4 Å². The van der Waals surface area contributed by atoms with Gasteiger partial charge in [0.1, 0.15) is 5.15 Å². The van der Waals surface area contributed by atoms with Crippen LogP contribution in [0, 0.1) is 0 Å². The number of hydrogen-bond donors (Lipinski definition) is 0. The first-order chi connectivity index (χ1) is 9.24. The fraction of sp³-hybridized carbons (Fsp3) is 0.200. The molecule has 19 heavy (non-hydrogen) atoms. The molecule has 1 fully saturated rings. The number of halogens is 1. The highest BCUT2D eigenvalue weighted by molar-refractivity contribution is 6.29. The van der Waals surface area contributed by atoms with Crippen molar-refractivity contribution in [3.63, 3.8) is 0 Å². The second-order valence-electron chi connectivity index (χ2n) is 4.57. The molecule has 0 bridgehead atoms. The van der Waals surface area contributed by atoms with Gasteiger partial charge in [0.05, 0.1) is 0 Å². The van der Waals surface area contributed by atoms with Gasteiger partial charge < -0.3 is 4.90 Å². The lowest BCUT2D eigenvalue weighted by Crippen LogP contribution is -2.23. The summed E-state index contributed by atoms with van der Waals surface area (Å²) in [4.78, 5) is 17.6. The molecule has 1 aliphatic heterocycles. The van der Waals surface area contributed by atoms with E-state index in [1.165, 1.54) is 0 Å². The molecular weight excluding hydrogens is 260 g/mol. The Balaban J connectivity index is 1.86. The third kappa shape index (κ3) is 2.47. The molecule has 1 aromatic heterocycles. The van der Waals surface area contributed by atoms with Gasteiger partial charge in [-0.05, 0) is 36.2 Å². The molecule has 0 radical (unpaired) electrons. The van der Waals surface area contributed by atoms with Gasteiger partial charge in [0.2, 0.25) is 5.91 Å². The van der Waals surface area contributed by atoms with Gasteiger partial charge >= 0.3 is 0 Å². The van der Waals surface area contributed by atoms with E-state index in [4.69, 9.17) is 11.6 Å². The zero-order valence-corrected chi connectivity index (χ0v) is 11.1. The van der Waals surface area contributed by atoms with E-state index in [-0.39, 0.29) is 5.91 Å². The highest BCUT2D eigenvalue weighted by Gasteiger charge is 2.21. The molecule has 0 aliphatic carbocycles. The average Bonchev–Trinajstić information content (AvgIpc) is 2.86. The Kier molecular flexibility index (Phi) is 3.22. The molecule has 1 aromatic carbocycles. The highest BCUT2D eigenvalue weighted by Crippen LogP contribution is 2.25. The summed E-state index contributed by atoms with van der Waals surface area (Å²) in [6.45, 7) is 0.820. The van der Waals surface area contributed by atoms with E-state index in [1.54, 1.807) is 12.3 Å². The number of nitrogens with zero attached hydrogens (tertiary/aromatic N) is 2. The number of pyridine rings is 1. The lowest BCUT2D eigenvalue weighted by Gasteiger charge is -2.15. The van der Waals surface area contributed by atoms with Crippen molar-refractivity contribution in [2.45, 2.75) is 12.8 Å². The fourth-order valence-corrected chi connectivity index (χ4v) is 2.41. The van der Waals surface area contributed by atoms with Crippen LogP contribution in [0.5, 0.6) is 0 Å². The van der Waals surface area contributed by atoms with Crippen LogP contribution in [-0.4, -0.2) is 17.4 Å². The predicted octanol–water partition coefficient (Wildman–Crippen LogP) is 3.53. The minimum atomic E-state index is 0.209. The maximum absolute atomic E-state index is 11.7. The van der Waals surface area contributed by atoms with Crippen LogP contribution in [0.25, 0.3) is 11.1 Å². The van der Waals surface area contributed by atoms with E-state index in [1.807, 2.05) is 35.2 Å². The lowest BCUT2D eigenvalue weighted by atomic mass is 10.1. The Morgan fingerprint density at radius 2 is 1.79 bits per heavy atom. The van der Waals surface area contributed by atoms with E-state index in [9.17, 15) is 4.79 Å². The minimum absolute atomic E-state index is 0.209. The largest absolute Gasteiger partial charge is 0.312 e. The molecule has 2 heterocycles. The molecule has 4 heteroatoms. The van der Waals surface area contributed by atoms with Gasteiger partial charge in [-0.3, -0.25) is 4.79 Å². The zero-order valence-electron chi connectivity index (χ0n) is 10.3. The van der Waals surface area contributed by atoms with Gasteiger partial charge in [-0.15, -0.1) is 0 Å². The van der Waals surface area contributed by atoms with E-state index in [0.717, 1.165) is 29.8 Å². The first kappa shape index (κ1) is 12.2. The highest BCUT2D eigenvalue weighted by atomic mass is 35.5. The molecule has 0 unspecified atom stereocenters. The third-order valence-corrected chi connectivity index (χ3v) is 3.54. The molecule has 0 atom stereocenters. The number of benzene rings is 1. The first-order valence-corrected chi connectivity index (χ1v) is 6.64. The van der Waals surface area contributed by atoms with Crippen molar-refractivity contribution < 1.29 is 4.79 Å². The van der Waals surface area contributed by atoms with Gasteiger partial charge in [0.15, 0.2) is 0 Å². The Morgan fingerprint density at radius 3 is 2.37 bits per heavy atom. The Labute approximate surface area is 116 Å². The van der Waals surface area contributed by atoms with Gasteiger partial charge in [-0.1, -0.05) is 23.7 Å². The normalized spacial score (nSPS) is 15.0. The third-order valence-electron chi connectivity index (χ3n) is 3.31. The SMILES string of the molecule is O=C1CCCN1c1ccc(-c2ccc(Cl)nc2)cc1. The summed E-state index contributed by atoms with van der Waals surface area (Å²) >= 11 is 5.77. The smallest absolute Gasteiger partial charge is 0.227 e. The van der Waals surface area contributed by atoms with E-state index < -0.39 is 0 Å². The van der Waals surface area contributed by atoms with Crippen molar-refractivity contribution in [2.24, 2.45) is 0 Å². The van der Waals surface area contributed by atoms with Crippen molar-refractivity contribution in [1.29, 1.82) is 0 Å². The molecule has 3 rings (SSSR count). The monoisotopic (exact) mass is 272 g/mol.